The van der Waals surface area contributed by atoms with Gasteiger partial charge in [-0.15, -0.1) is 6.42 Å². The van der Waals surface area contributed by atoms with Gasteiger partial charge in [0.1, 0.15) is 10.6 Å². The summed E-state index contributed by atoms with van der Waals surface area (Å²) in [6.07, 6.45) is 5.44. The van der Waals surface area contributed by atoms with E-state index in [1.807, 2.05) is 36.4 Å². The quantitative estimate of drug-likeness (QED) is 0.366. The highest BCUT2D eigenvalue weighted by Gasteiger charge is 2.23. The zero-order chi connectivity index (χ0) is 20.8. The van der Waals surface area contributed by atoms with Gasteiger partial charge in [0.05, 0.1) is 0 Å². The van der Waals surface area contributed by atoms with Crippen LogP contribution in [-0.4, -0.2) is 21.5 Å². The molecule has 1 aromatic heterocycles. The number of nitrogens with zero attached hydrogens (tertiary/aromatic N) is 1. The number of ketones is 1. The highest BCUT2D eigenvalue weighted by Crippen LogP contribution is 2.24. The first-order valence-electron chi connectivity index (χ1n) is 8.88. The molecule has 0 aliphatic carbocycles. The Bertz CT molecular complexity index is 1140. The Balaban J connectivity index is 2.08. The maximum absolute atomic E-state index is 12.9. The van der Waals surface area contributed by atoms with Gasteiger partial charge in [-0.05, 0) is 24.0 Å². The van der Waals surface area contributed by atoms with Crippen LogP contribution in [0, 0.1) is 19.3 Å². The van der Waals surface area contributed by atoms with Gasteiger partial charge in [0.2, 0.25) is 5.78 Å². The number of allylic oxidation sites excluding steroid dienone is 1. The fourth-order valence-electron chi connectivity index (χ4n) is 2.78. The zero-order valence-electron chi connectivity index (χ0n) is 15.8. The first-order chi connectivity index (χ1) is 14.0. The molecule has 0 spiro atoms. The van der Waals surface area contributed by atoms with Crippen LogP contribution in [0.5, 0.6) is 0 Å². The van der Waals surface area contributed by atoms with E-state index in [0.717, 1.165) is 17.1 Å². The fourth-order valence-corrected chi connectivity index (χ4v) is 3.86. The van der Waals surface area contributed by atoms with Crippen molar-refractivity contribution in [2.75, 3.05) is 6.61 Å². The minimum absolute atomic E-state index is 0.140. The Hall–Kier alpha value is -3.56. The molecule has 1 N–H and O–H groups in total. The number of carbonyl (C=O) groups is 1. The van der Waals surface area contributed by atoms with Gasteiger partial charge >= 0.3 is 0 Å². The third-order valence-electron chi connectivity index (χ3n) is 4.27. The summed E-state index contributed by atoms with van der Waals surface area (Å²) in [6.45, 7) is 1.46. The van der Waals surface area contributed by atoms with Gasteiger partial charge in [-0.3, -0.25) is 9.59 Å². The van der Waals surface area contributed by atoms with Crippen molar-refractivity contribution < 1.29 is 14.6 Å². The minimum atomic E-state index is -0.436. The van der Waals surface area contributed by atoms with Gasteiger partial charge in [-0.1, -0.05) is 66.6 Å². The highest BCUT2D eigenvalue weighted by molar-refractivity contribution is 7.09. The molecule has 0 saturated carbocycles. The summed E-state index contributed by atoms with van der Waals surface area (Å²) in [5.41, 5.74) is 1.53. The molecule has 0 aliphatic rings. The van der Waals surface area contributed by atoms with Crippen LogP contribution in [0.3, 0.4) is 0 Å². The van der Waals surface area contributed by atoms with E-state index in [-0.39, 0.29) is 30.1 Å². The van der Waals surface area contributed by atoms with Gasteiger partial charge in [0.25, 0.3) is 11.5 Å². The van der Waals surface area contributed by atoms with Crippen LogP contribution in [0.4, 0.5) is 0 Å². The molecule has 0 unspecified atom stereocenters. The van der Waals surface area contributed by atoms with Crippen molar-refractivity contribution in [1.29, 1.82) is 0 Å². The molecule has 3 aromatic rings. The van der Waals surface area contributed by atoms with Crippen molar-refractivity contribution >= 4 is 23.0 Å². The van der Waals surface area contributed by atoms with E-state index in [2.05, 4.69) is 5.92 Å². The molecule has 1 heterocycles. The SMILES string of the molecule is C#CCO/C(O)=C(\Cc1ccccc1)n1sc(C(=O)c2ccccc2)c(C)c1=O. The molecule has 3 rings (SSSR count). The van der Waals surface area contributed by atoms with Crippen LogP contribution in [-0.2, 0) is 11.2 Å². The molecule has 0 bridgehead atoms. The molecular formula is C23H19NO4S. The average molecular weight is 405 g/mol. The van der Waals surface area contributed by atoms with Crippen molar-refractivity contribution in [1.82, 2.24) is 3.96 Å². The molecular weight excluding hydrogens is 386 g/mol. The molecule has 0 saturated heterocycles. The molecule has 0 radical (unpaired) electrons. The van der Waals surface area contributed by atoms with Gasteiger partial charge in [0.15, 0.2) is 6.61 Å². The molecule has 0 aliphatic heterocycles. The minimum Gasteiger partial charge on any atom is -0.480 e. The van der Waals surface area contributed by atoms with Crippen LogP contribution < -0.4 is 5.56 Å². The van der Waals surface area contributed by atoms with Gasteiger partial charge in [0, 0.05) is 17.5 Å². The van der Waals surface area contributed by atoms with Crippen LogP contribution in [0.2, 0.25) is 0 Å². The number of hydrogen-bond donors (Lipinski definition) is 1. The first kappa shape index (κ1) is 20.2. The molecule has 0 amide bonds. The number of ether oxygens (including phenoxy) is 1. The number of aromatic nitrogens is 1. The van der Waals surface area contributed by atoms with Crippen molar-refractivity contribution in [3.63, 3.8) is 0 Å². The van der Waals surface area contributed by atoms with Crippen molar-refractivity contribution in [3.8, 4) is 12.3 Å². The fraction of sp³-hybridized carbons (Fsp3) is 0.130. The maximum atomic E-state index is 12.9. The van der Waals surface area contributed by atoms with Gasteiger partial charge in [-0.2, -0.15) is 0 Å². The van der Waals surface area contributed by atoms with Gasteiger partial charge < -0.3 is 9.84 Å². The topological polar surface area (TPSA) is 68.5 Å². The molecule has 0 fully saturated rings. The summed E-state index contributed by atoms with van der Waals surface area (Å²) in [5.74, 6) is 1.61. The molecule has 2 aromatic carbocycles. The second-order valence-electron chi connectivity index (χ2n) is 6.25. The molecule has 6 heteroatoms. The Morgan fingerprint density at radius 3 is 2.38 bits per heavy atom. The molecule has 146 valence electrons. The second kappa shape index (κ2) is 9.09. The van der Waals surface area contributed by atoms with Crippen molar-refractivity contribution in [3.05, 3.63) is 98.5 Å². The third kappa shape index (κ3) is 4.48. The number of aliphatic hydroxyl groups excluding tert-OH is 1. The summed E-state index contributed by atoms with van der Waals surface area (Å²) in [6, 6.07) is 18.1. The lowest BCUT2D eigenvalue weighted by molar-refractivity contribution is 0.104. The summed E-state index contributed by atoms with van der Waals surface area (Å²) in [4.78, 5) is 26.1. The summed E-state index contributed by atoms with van der Waals surface area (Å²) in [7, 11) is 0. The smallest absolute Gasteiger partial charge is 0.299 e. The second-order valence-corrected chi connectivity index (χ2v) is 7.20. The van der Waals surface area contributed by atoms with Crippen LogP contribution in [0.25, 0.3) is 5.70 Å². The number of carbonyl (C=O) groups excluding carboxylic acids is 1. The van der Waals surface area contributed by atoms with Crippen LogP contribution in [0.1, 0.15) is 26.4 Å². The van der Waals surface area contributed by atoms with Crippen molar-refractivity contribution in [2.24, 2.45) is 0 Å². The maximum Gasteiger partial charge on any atom is 0.299 e. The number of aliphatic hydroxyl groups is 1. The van der Waals surface area contributed by atoms with E-state index in [1.165, 1.54) is 3.96 Å². The lowest BCUT2D eigenvalue weighted by Gasteiger charge is -2.11. The number of hydrogen-bond acceptors (Lipinski definition) is 5. The number of benzene rings is 2. The zero-order valence-corrected chi connectivity index (χ0v) is 16.6. The normalized spacial score (nSPS) is 11.4. The Labute approximate surface area is 172 Å². The van der Waals surface area contributed by atoms with E-state index in [1.54, 1.807) is 31.2 Å². The predicted octanol–water partition coefficient (Wildman–Crippen LogP) is 4.03. The summed E-state index contributed by atoms with van der Waals surface area (Å²) < 4.78 is 6.49. The van der Waals surface area contributed by atoms with Crippen LogP contribution in [0.15, 0.2) is 71.4 Å². The highest BCUT2D eigenvalue weighted by atomic mass is 32.1. The lowest BCUT2D eigenvalue weighted by Crippen LogP contribution is -2.18. The lowest BCUT2D eigenvalue weighted by atomic mass is 10.1. The molecule has 5 nitrogen and oxygen atoms in total. The molecule has 29 heavy (non-hydrogen) atoms. The first-order valence-corrected chi connectivity index (χ1v) is 9.65. The monoisotopic (exact) mass is 405 g/mol. The Morgan fingerprint density at radius 2 is 1.76 bits per heavy atom. The largest absolute Gasteiger partial charge is 0.480 e. The molecule has 0 atom stereocenters. The van der Waals surface area contributed by atoms with E-state index < -0.39 is 5.95 Å². The van der Waals surface area contributed by atoms with E-state index in [9.17, 15) is 14.7 Å². The Kier molecular flexibility index (Phi) is 6.32. The van der Waals surface area contributed by atoms with Crippen LogP contribution >= 0.6 is 11.5 Å². The van der Waals surface area contributed by atoms with Crippen molar-refractivity contribution in [2.45, 2.75) is 13.3 Å². The average Bonchev–Trinajstić information content (AvgIpc) is 3.05. The van der Waals surface area contributed by atoms with E-state index in [0.29, 0.717) is 16.0 Å². The summed E-state index contributed by atoms with van der Waals surface area (Å²) >= 11 is 0.983. The standard InChI is InChI=1S/C23H19NO4S/c1-3-14-28-23(27)19(15-17-10-6-4-7-11-17)24-22(26)16(2)21(29-24)20(25)18-12-8-5-9-13-18/h1,4-13,27H,14-15H2,2H3/b23-19+. The number of terminal acetylenes is 1. The van der Waals surface area contributed by atoms with E-state index >= 15 is 0 Å². The predicted molar refractivity (Wildman–Crippen MR) is 114 cm³/mol. The third-order valence-corrected chi connectivity index (χ3v) is 5.51. The number of rotatable bonds is 7. The van der Waals surface area contributed by atoms with Gasteiger partial charge in [-0.25, -0.2) is 3.96 Å². The Morgan fingerprint density at radius 1 is 1.14 bits per heavy atom. The summed E-state index contributed by atoms with van der Waals surface area (Å²) in [5, 5.41) is 10.5. The van der Waals surface area contributed by atoms with E-state index in [4.69, 9.17) is 11.2 Å².